The lowest BCUT2D eigenvalue weighted by Gasteiger charge is -2.12. The summed E-state index contributed by atoms with van der Waals surface area (Å²) in [4.78, 5) is 11.6. The normalized spacial score (nSPS) is 14.9. The fourth-order valence-corrected chi connectivity index (χ4v) is 2.60. The van der Waals surface area contributed by atoms with Crippen molar-refractivity contribution in [2.24, 2.45) is 0 Å². The maximum absolute atomic E-state index is 11.6. The maximum atomic E-state index is 11.6. The van der Waals surface area contributed by atoms with Crippen molar-refractivity contribution >= 4 is 5.91 Å². The van der Waals surface area contributed by atoms with Crippen LogP contribution in [0.4, 0.5) is 0 Å². The molecule has 1 aliphatic carbocycles. The first-order chi connectivity index (χ1) is 9.83. The number of carbonyl (C=O) groups excluding carboxylic acids is 1. The van der Waals surface area contributed by atoms with Crippen LogP contribution in [-0.2, 0) is 4.79 Å². The lowest BCUT2D eigenvalue weighted by molar-refractivity contribution is -0.120. The van der Waals surface area contributed by atoms with Gasteiger partial charge in [-0.3, -0.25) is 4.79 Å². The van der Waals surface area contributed by atoms with Gasteiger partial charge in [0, 0.05) is 6.54 Å². The Morgan fingerprint density at radius 1 is 1.15 bits per heavy atom. The largest absolute Gasteiger partial charge is 0.355 e. The molecule has 0 fully saturated rings. The van der Waals surface area contributed by atoms with Crippen LogP contribution in [0.1, 0.15) is 71.1 Å². The van der Waals surface area contributed by atoms with Gasteiger partial charge < -0.3 is 10.6 Å². The van der Waals surface area contributed by atoms with E-state index in [1.807, 2.05) is 0 Å². The predicted octanol–water partition coefficient (Wildman–Crippen LogP) is 3.55. The van der Waals surface area contributed by atoms with Gasteiger partial charge in [-0.2, -0.15) is 0 Å². The maximum Gasteiger partial charge on any atom is 0.233 e. The SMILES string of the molecule is CCCCCCCNC(=O)CNCCC1=CCCCC1. The van der Waals surface area contributed by atoms with Crippen LogP contribution in [0, 0.1) is 0 Å². The Hall–Kier alpha value is -0.830. The highest BCUT2D eigenvalue weighted by Gasteiger charge is 2.04. The van der Waals surface area contributed by atoms with Gasteiger partial charge in [-0.25, -0.2) is 0 Å². The molecule has 0 saturated heterocycles. The van der Waals surface area contributed by atoms with E-state index in [4.69, 9.17) is 0 Å². The van der Waals surface area contributed by atoms with Gasteiger partial charge in [0.15, 0.2) is 0 Å². The number of allylic oxidation sites excluding steroid dienone is 1. The zero-order valence-electron chi connectivity index (χ0n) is 13.2. The minimum atomic E-state index is 0.137. The minimum absolute atomic E-state index is 0.137. The zero-order chi connectivity index (χ0) is 14.5. The molecule has 3 heteroatoms. The van der Waals surface area contributed by atoms with E-state index < -0.39 is 0 Å². The van der Waals surface area contributed by atoms with E-state index in [1.165, 1.54) is 51.4 Å². The Morgan fingerprint density at radius 3 is 2.75 bits per heavy atom. The van der Waals surface area contributed by atoms with Crippen molar-refractivity contribution in [2.75, 3.05) is 19.6 Å². The van der Waals surface area contributed by atoms with Crippen molar-refractivity contribution in [2.45, 2.75) is 71.1 Å². The molecular formula is C17H32N2O. The second-order valence-corrected chi connectivity index (χ2v) is 5.80. The first kappa shape index (κ1) is 17.2. The number of rotatable bonds is 11. The number of nitrogens with one attached hydrogen (secondary N) is 2. The van der Waals surface area contributed by atoms with E-state index >= 15 is 0 Å². The molecule has 2 N–H and O–H groups in total. The Kier molecular flexibility index (Phi) is 10.3. The zero-order valence-corrected chi connectivity index (χ0v) is 13.2. The molecule has 0 spiro atoms. The van der Waals surface area contributed by atoms with Gasteiger partial charge in [-0.05, 0) is 45.1 Å². The lowest BCUT2D eigenvalue weighted by Crippen LogP contribution is -2.34. The van der Waals surface area contributed by atoms with E-state index in [-0.39, 0.29) is 5.91 Å². The van der Waals surface area contributed by atoms with Gasteiger partial charge >= 0.3 is 0 Å². The highest BCUT2D eigenvalue weighted by molar-refractivity contribution is 5.77. The second-order valence-electron chi connectivity index (χ2n) is 5.80. The van der Waals surface area contributed by atoms with Crippen LogP contribution >= 0.6 is 0 Å². The summed E-state index contributed by atoms with van der Waals surface area (Å²) in [6.07, 6.45) is 14.9. The molecule has 116 valence electrons. The van der Waals surface area contributed by atoms with Crippen LogP contribution in [0.3, 0.4) is 0 Å². The van der Waals surface area contributed by atoms with Gasteiger partial charge in [0.2, 0.25) is 5.91 Å². The number of amides is 1. The molecule has 20 heavy (non-hydrogen) atoms. The number of hydrogen-bond acceptors (Lipinski definition) is 2. The molecule has 0 aliphatic heterocycles. The molecular weight excluding hydrogens is 248 g/mol. The summed E-state index contributed by atoms with van der Waals surface area (Å²) in [7, 11) is 0. The summed E-state index contributed by atoms with van der Waals surface area (Å²) in [5.74, 6) is 0.137. The summed E-state index contributed by atoms with van der Waals surface area (Å²) < 4.78 is 0. The molecule has 0 radical (unpaired) electrons. The number of hydrogen-bond donors (Lipinski definition) is 2. The quantitative estimate of drug-likeness (QED) is 0.449. The van der Waals surface area contributed by atoms with Gasteiger partial charge in [0.25, 0.3) is 0 Å². The van der Waals surface area contributed by atoms with Crippen molar-refractivity contribution in [3.05, 3.63) is 11.6 Å². The van der Waals surface area contributed by atoms with E-state index in [9.17, 15) is 4.79 Å². The van der Waals surface area contributed by atoms with Crippen LogP contribution in [0.25, 0.3) is 0 Å². The highest BCUT2D eigenvalue weighted by atomic mass is 16.1. The Bertz CT molecular complexity index is 287. The molecule has 0 bridgehead atoms. The summed E-state index contributed by atoms with van der Waals surface area (Å²) in [5.41, 5.74) is 1.57. The van der Waals surface area contributed by atoms with E-state index in [0.717, 1.165) is 25.9 Å². The molecule has 0 atom stereocenters. The molecule has 0 aromatic heterocycles. The molecule has 3 nitrogen and oxygen atoms in total. The highest BCUT2D eigenvalue weighted by Crippen LogP contribution is 2.19. The molecule has 1 amide bonds. The summed E-state index contributed by atoms with van der Waals surface area (Å²) in [5, 5.41) is 6.22. The van der Waals surface area contributed by atoms with Crippen LogP contribution in [-0.4, -0.2) is 25.5 Å². The van der Waals surface area contributed by atoms with Crippen LogP contribution < -0.4 is 10.6 Å². The van der Waals surface area contributed by atoms with Crippen molar-refractivity contribution in [3.8, 4) is 0 Å². The van der Waals surface area contributed by atoms with Crippen molar-refractivity contribution < 1.29 is 4.79 Å². The van der Waals surface area contributed by atoms with E-state index in [2.05, 4.69) is 23.6 Å². The first-order valence-electron chi connectivity index (χ1n) is 8.48. The van der Waals surface area contributed by atoms with Gasteiger partial charge in [-0.1, -0.05) is 44.3 Å². The molecule has 0 unspecified atom stereocenters. The Balaban J connectivity index is 1.88. The summed E-state index contributed by atoms with van der Waals surface area (Å²) >= 11 is 0. The third-order valence-electron chi connectivity index (χ3n) is 3.90. The molecule has 0 aromatic carbocycles. The average molecular weight is 280 g/mol. The average Bonchev–Trinajstić information content (AvgIpc) is 2.48. The lowest BCUT2D eigenvalue weighted by atomic mass is 9.97. The van der Waals surface area contributed by atoms with E-state index in [0.29, 0.717) is 6.54 Å². The minimum Gasteiger partial charge on any atom is -0.355 e. The van der Waals surface area contributed by atoms with Crippen LogP contribution in [0.2, 0.25) is 0 Å². The Labute approximate surface area is 124 Å². The topological polar surface area (TPSA) is 41.1 Å². The van der Waals surface area contributed by atoms with Gasteiger partial charge in [0.05, 0.1) is 6.54 Å². The molecule has 1 aliphatic rings. The Morgan fingerprint density at radius 2 is 2.00 bits per heavy atom. The number of unbranched alkanes of at least 4 members (excludes halogenated alkanes) is 4. The van der Waals surface area contributed by atoms with E-state index in [1.54, 1.807) is 5.57 Å². The fourth-order valence-electron chi connectivity index (χ4n) is 2.60. The summed E-state index contributed by atoms with van der Waals surface area (Å²) in [6.45, 7) is 4.43. The van der Waals surface area contributed by atoms with Crippen molar-refractivity contribution in [1.29, 1.82) is 0 Å². The third kappa shape index (κ3) is 9.13. The smallest absolute Gasteiger partial charge is 0.233 e. The molecule has 1 rings (SSSR count). The molecule has 0 heterocycles. The molecule has 0 aromatic rings. The van der Waals surface area contributed by atoms with Gasteiger partial charge in [0.1, 0.15) is 0 Å². The van der Waals surface area contributed by atoms with Crippen LogP contribution in [0.15, 0.2) is 11.6 Å². The fraction of sp³-hybridized carbons (Fsp3) is 0.824. The van der Waals surface area contributed by atoms with Gasteiger partial charge in [-0.15, -0.1) is 0 Å². The molecule has 0 saturated carbocycles. The third-order valence-corrected chi connectivity index (χ3v) is 3.90. The van der Waals surface area contributed by atoms with Crippen molar-refractivity contribution in [1.82, 2.24) is 10.6 Å². The van der Waals surface area contributed by atoms with Crippen LogP contribution in [0.5, 0.6) is 0 Å². The standard InChI is InChI=1S/C17H32N2O/c1-2-3-4-5-9-13-19-17(20)15-18-14-12-16-10-7-6-8-11-16/h10,18H,2-9,11-15H2,1H3,(H,19,20). The second kappa shape index (κ2) is 12.0. The monoisotopic (exact) mass is 280 g/mol. The first-order valence-corrected chi connectivity index (χ1v) is 8.48. The van der Waals surface area contributed by atoms with Crippen molar-refractivity contribution in [3.63, 3.8) is 0 Å². The summed E-state index contributed by atoms with van der Waals surface area (Å²) in [6, 6.07) is 0. The number of carbonyl (C=O) groups is 1. The predicted molar refractivity (Wildman–Crippen MR) is 85.8 cm³/mol.